The summed E-state index contributed by atoms with van der Waals surface area (Å²) in [6.07, 6.45) is 5.28. The second-order valence-corrected chi connectivity index (χ2v) is 14.1. The first-order valence-electron chi connectivity index (χ1n) is 14.9. The normalized spacial score (nSPS) is 16.9. The molecule has 0 unspecified atom stereocenters. The van der Waals surface area contributed by atoms with Crippen molar-refractivity contribution in [3.05, 3.63) is 58.3 Å². The highest BCUT2D eigenvalue weighted by molar-refractivity contribution is 7.89. The van der Waals surface area contributed by atoms with Crippen molar-refractivity contribution in [2.24, 2.45) is 11.1 Å². The minimum Gasteiger partial charge on any atom is -0.436 e. The van der Waals surface area contributed by atoms with Crippen LogP contribution >= 0.6 is 23.2 Å². The lowest BCUT2D eigenvalue weighted by molar-refractivity contribution is -0.119. The number of benzene rings is 1. The molecule has 45 heavy (non-hydrogen) atoms. The molecule has 2 aromatic heterocycles. The fraction of sp³-hybridized carbons (Fsp3) is 0.467. The Hall–Kier alpha value is -3.07. The number of anilines is 1. The summed E-state index contributed by atoms with van der Waals surface area (Å²) in [6.45, 7) is 7.97. The van der Waals surface area contributed by atoms with Crippen molar-refractivity contribution in [1.29, 1.82) is 0 Å². The van der Waals surface area contributed by atoms with E-state index >= 15 is 0 Å². The molecule has 0 aliphatic carbocycles. The van der Waals surface area contributed by atoms with Gasteiger partial charge in [-0.1, -0.05) is 23.2 Å². The van der Waals surface area contributed by atoms with Gasteiger partial charge in [-0.05, 0) is 61.7 Å². The lowest BCUT2D eigenvalue weighted by atomic mass is 9.96. The highest BCUT2D eigenvalue weighted by Crippen LogP contribution is 2.31. The molecule has 2 saturated heterocycles. The van der Waals surface area contributed by atoms with Gasteiger partial charge in [0.1, 0.15) is 0 Å². The number of nitrogens with zero attached hydrogens (tertiary/aromatic N) is 6. The minimum atomic E-state index is -3.48. The Balaban J connectivity index is 1.26. The van der Waals surface area contributed by atoms with E-state index in [0.29, 0.717) is 85.0 Å². The van der Waals surface area contributed by atoms with Crippen LogP contribution in [0.4, 0.5) is 5.95 Å². The van der Waals surface area contributed by atoms with Gasteiger partial charge in [-0.25, -0.2) is 28.5 Å². The number of likely N-dealkylation sites (tertiary alicyclic amines) is 1. The summed E-state index contributed by atoms with van der Waals surface area (Å²) in [5.41, 5.74) is 2.50. The molecular weight excluding hydrogens is 639 g/mol. The zero-order chi connectivity index (χ0) is 32.0. The van der Waals surface area contributed by atoms with E-state index in [1.807, 2.05) is 24.3 Å². The molecule has 3 aromatic rings. The van der Waals surface area contributed by atoms with Crippen molar-refractivity contribution < 1.29 is 17.9 Å². The third kappa shape index (κ3) is 10.2. The summed E-state index contributed by atoms with van der Waals surface area (Å²) in [7, 11) is -3.48. The first kappa shape index (κ1) is 33.3. The largest absolute Gasteiger partial charge is 0.436 e. The standard InChI is InChI=1S/C30H38Cl2N8O4S/c1-21(41)34-17-22-2-4-39(5-3-22)20-23-12-28(24-14-25(31)16-26(32)15-24)37-29(13-23)44-27-18-35-30(36-19-27)40-8-6-38(7-9-40)10-11-45(33,42)43/h12-16,18-19,22H,2-11,17,20H2,1H3,(H,34,41)(H2,33,42,43). The number of carbonyl (C=O) groups excluding carboxylic acids is 1. The monoisotopic (exact) mass is 676 g/mol. The molecule has 2 aliphatic heterocycles. The van der Waals surface area contributed by atoms with Gasteiger partial charge in [0.15, 0.2) is 5.75 Å². The molecule has 0 saturated carbocycles. The van der Waals surface area contributed by atoms with Gasteiger partial charge in [0, 0.05) is 74.4 Å². The van der Waals surface area contributed by atoms with Crippen molar-refractivity contribution in [3.8, 4) is 22.9 Å². The van der Waals surface area contributed by atoms with Gasteiger partial charge in [-0.2, -0.15) is 0 Å². The van der Waals surface area contributed by atoms with E-state index in [0.717, 1.165) is 37.1 Å². The molecular formula is C30H38Cl2N8O4S. The molecule has 15 heteroatoms. The molecule has 5 rings (SSSR count). The topological polar surface area (TPSA) is 147 Å². The van der Waals surface area contributed by atoms with E-state index in [1.54, 1.807) is 25.4 Å². The Kier molecular flexibility index (Phi) is 11.1. The average Bonchev–Trinajstić information content (AvgIpc) is 2.99. The van der Waals surface area contributed by atoms with Gasteiger partial charge in [0.25, 0.3) is 0 Å². The average molecular weight is 678 g/mol. The van der Waals surface area contributed by atoms with Crippen molar-refractivity contribution in [2.45, 2.75) is 26.3 Å². The summed E-state index contributed by atoms with van der Waals surface area (Å²) in [4.78, 5) is 31.6. The van der Waals surface area contributed by atoms with Crippen LogP contribution in [-0.4, -0.2) is 97.2 Å². The minimum absolute atomic E-state index is 0.00788. The number of primary sulfonamides is 1. The molecule has 2 fully saturated rings. The van der Waals surface area contributed by atoms with E-state index in [2.05, 4.69) is 30.0 Å². The van der Waals surface area contributed by atoms with E-state index in [9.17, 15) is 13.2 Å². The third-order valence-electron chi connectivity index (χ3n) is 7.96. The molecule has 3 N–H and O–H groups in total. The fourth-order valence-electron chi connectivity index (χ4n) is 5.52. The predicted molar refractivity (Wildman–Crippen MR) is 175 cm³/mol. The van der Waals surface area contributed by atoms with Crippen LogP contribution in [0.5, 0.6) is 11.6 Å². The first-order valence-corrected chi connectivity index (χ1v) is 17.4. The molecule has 4 heterocycles. The highest BCUT2D eigenvalue weighted by atomic mass is 35.5. The number of ether oxygens (including phenoxy) is 1. The second kappa shape index (κ2) is 15.0. The number of halogens is 2. The fourth-order valence-corrected chi connectivity index (χ4v) is 6.56. The van der Waals surface area contributed by atoms with Gasteiger partial charge in [0.05, 0.1) is 23.8 Å². The summed E-state index contributed by atoms with van der Waals surface area (Å²) >= 11 is 12.6. The molecule has 12 nitrogen and oxygen atoms in total. The van der Waals surface area contributed by atoms with E-state index < -0.39 is 10.0 Å². The number of piperazine rings is 1. The maximum atomic E-state index is 11.3. The zero-order valence-corrected chi connectivity index (χ0v) is 27.5. The third-order valence-corrected chi connectivity index (χ3v) is 9.15. The first-order chi connectivity index (χ1) is 21.5. The number of aromatic nitrogens is 3. The number of rotatable bonds is 11. The van der Waals surface area contributed by atoms with Crippen LogP contribution in [0.1, 0.15) is 25.3 Å². The maximum absolute atomic E-state index is 11.3. The Morgan fingerprint density at radius 2 is 1.64 bits per heavy atom. The molecule has 1 amide bonds. The van der Waals surface area contributed by atoms with Gasteiger partial charge in [-0.15, -0.1) is 0 Å². The predicted octanol–water partition coefficient (Wildman–Crippen LogP) is 3.40. The van der Waals surface area contributed by atoms with Gasteiger partial charge < -0.3 is 15.0 Å². The van der Waals surface area contributed by atoms with Gasteiger partial charge in [-0.3, -0.25) is 14.6 Å². The van der Waals surface area contributed by atoms with E-state index in [-0.39, 0.29) is 11.7 Å². The zero-order valence-electron chi connectivity index (χ0n) is 25.2. The number of hydrogen-bond acceptors (Lipinski definition) is 10. The smallest absolute Gasteiger partial charge is 0.225 e. The number of piperidine rings is 1. The van der Waals surface area contributed by atoms with Crippen LogP contribution < -0.4 is 20.1 Å². The summed E-state index contributed by atoms with van der Waals surface area (Å²) in [6, 6.07) is 9.28. The number of carbonyl (C=O) groups is 1. The molecule has 0 radical (unpaired) electrons. The second-order valence-electron chi connectivity index (χ2n) is 11.5. The molecule has 0 bridgehead atoms. The van der Waals surface area contributed by atoms with E-state index in [1.165, 1.54) is 0 Å². The number of nitrogens with one attached hydrogen (secondary N) is 1. The Morgan fingerprint density at radius 1 is 0.978 bits per heavy atom. The molecule has 242 valence electrons. The van der Waals surface area contributed by atoms with Crippen molar-refractivity contribution in [1.82, 2.24) is 30.1 Å². The molecule has 2 aliphatic rings. The van der Waals surface area contributed by atoms with Crippen LogP contribution in [0.2, 0.25) is 10.0 Å². The SMILES string of the molecule is CC(=O)NCC1CCN(Cc2cc(Oc3cnc(N4CCN(CCS(N)(=O)=O)CC4)nc3)nc(-c3cc(Cl)cc(Cl)c3)c2)CC1. The molecule has 0 spiro atoms. The maximum Gasteiger partial charge on any atom is 0.225 e. The Bertz CT molecular complexity index is 1560. The summed E-state index contributed by atoms with van der Waals surface area (Å²) < 4.78 is 28.7. The van der Waals surface area contributed by atoms with Crippen molar-refractivity contribution in [3.63, 3.8) is 0 Å². The lowest BCUT2D eigenvalue weighted by Gasteiger charge is -2.34. The van der Waals surface area contributed by atoms with Crippen LogP contribution in [-0.2, 0) is 21.4 Å². The van der Waals surface area contributed by atoms with Gasteiger partial charge >= 0.3 is 0 Å². The molecule has 0 atom stereocenters. The number of pyridine rings is 1. The van der Waals surface area contributed by atoms with Crippen LogP contribution in [0.15, 0.2) is 42.7 Å². The van der Waals surface area contributed by atoms with Crippen LogP contribution in [0, 0.1) is 5.92 Å². The highest BCUT2D eigenvalue weighted by Gasteiger charge is 2.22. The van der Waals surface area contributed by atoms with E-state index in [4.69, 9.17) is 38.1 Å². The number of sulfonamides is 1. The number of nitrogens with two attached hydrogens (primary N) is 1. The van der Waals surface area contributed by atoms with Crippen molar-refractivity contribution in [2.75, 3.05) is 63.0 Å². The Labute approximate surface area is 273 Å². The van der Waals surface area contributed by atoms with Crippen molar-refractivity contribution >= 4 is 45.1 Å². The number of amides is 1. The molecule has 1 aromatic carbocycles. The quantitative estimate of drug-likeness (QED) is 0.310. The lowest BCUT2D eigenvalue weighted by Crippen LogP contribution is -2.48. The number of hydrogen-bond donors (Lipinski definition) is 2. The van der Waals surface area contributed by atoms with Crippen LogP contribution in [0.25, 0.3) is 11.3 Å². The summed E-state index contributed by atoms with van der Waals surface area (Å²) in [5, 5.41) is 9.11. The summed E-state index contributed by atoms with van der Waals surface area (Å²) in [5.74, 6) is 1.85. The van der Waals surface area contributed by atoms with Gasteiger partial charge in [0.2, 0.25) is 27.8 Å². The van der Waals surface area contributed by atoms with Crippen LogP contribution in [0.3, 0.4) is 0 Å². The Morgan fingerprint density at radius 3 is 2.27 bits per heavy atom.